The minimum atomic E-state index is -4.75. The predicted octanol–water partition coefficient (Wildman–Crippen LogP) is 2.20. The van der Waals surface area contributed by atoms with Crippen molar-refractivity contribution in [2.24, 2.45) is 0 Å². The van der Waals surface area contributed by atoms with Crippen LogP contribution in [0.4, 0.5) is 28.3 Å². The topological polar surface area (TPSA) is 157 Å². The number of benzene rings is 1. The number of anilines is 1. The van der Waals surface area contributed by atoms with Crippen molar-refractivity contribution in [1.82, 2.24) is 14.7 Å². The zero-order valence-corrected chi connectivity index (χ0v) is 16.0. The zero-order chi connectivity index (χ0) is 23.3. The molecule has 0 unspecified atom stereocenters. The van der Waals surface area contributed by atoms with Crippen molar-refractivity contribution in [3.8, 4) is 11.8 Å². The minimum Gasteiger partial charge on any atom is -0.478 e. The molecule has 0 aliphatic heterocycles. The lowest BCUT2D eigenvalue weighted by molar-refractivity contribution is -0.0579. The summed E-state index contributed by atoms with van der Waals surface area (Å²) in [5.41, 5.74) is -0.632. The van der Waals surface area contributed by atoms with Gasteiger partial charge in [0, 0.05) is 0 Å². The van der Waals surface area contributed by atoms with Crippen LogP contribution in [0.5, 0.6) is 11.8 Å². The molecule has 0 aliphatic carbocycles. The van der Waals surface area contributed by atoms with Gasteiger partial charge in [0.15, 0.2) is 0 Å². The van der Waals surface area contributed by atoms with Crippen LogP contribution in [-0.2, 0) is 10.0 Å². The Morgan fingerprint density at radius 1 is 1.06 bits per heavy atom. The number of hydrogen-bond donors (Lipinski definition) is 3. The summed E-state index contributed by atoms with van der Waals surface area (Å²) < 4.78 is 83.7. The second-order valence-electron chi connectivity index (χ2n) is 5.44. The van der Waals surface area contributed by atoms with E-state index < -0.39 is 63.4 Å². The van der Waals surface area contributed by atoms with Crippen molar-refractivity contribution < 1.29 is 50.1 Å². The minimum absolute atomic E-state index is 0.00333. The number of amides is 2. The van der Waals surface area contributed by atoms with Crippen LogP contribution in [0.3, 0.4) is 0 Å². The lowest BCUT2D eigenvalue weighted by Crippen LogP contribution is -2.36. The summed E-state index contributed by atoms with van der Waals surface area (Å²) in [4.78, 5) is 29.2. The number of rotatable bonds is 8. The fourth-order valence-corrected chi connectivity index (χ4v) is 3.57. The van der Waals surface area contributed by atoms with Crippen LogP contribution in [0.2, 0.25) is 0 Å². The Hall–Kier alpha value is -3.69. The molecule has 11 nitrogen and oxygen atoms in total. The summed E-state index contributed by atoms with van der Waals surface area (Å²) >= 11 is 0. The Labute approximate surface area is 171 Å². The molecule has 1 heterocycles. The van der Waals surface area contributed by atoms with Crippen molar-refractivity contribution in [3.05, 3.63) is 35.4 Å². The van der Waals surface area contributed by atoms with E-state index in [0.717, 1.165) is 6.07 Å². The molecule has 0 saturated carbocycles. The molecule has 0 spiro atoms. The number of urea groups is 1. The van der Waals surface area contributed by atoms with Gasteiger partial charge in [-0.3, -0.25) is 5.32 Å². The van der Waals surface area contributed by atoms with Gasteiger partial charge in [0.1, 0.15) is 4.90 Å². The number of aryl methyl sites for hydroxylation is 1. The van der Waals surface area contributed by atoms with E-state index in [1.165, 1.54) is 23.8 Å². The first-order valence-corrected chi connectivity index (χ1v) is 9.32. The molecule has 0 saturated heterocycles. The van der Waals surface area contributed by atoms with Crippen LogP contribution in [-0.4, -0.2) is 48.7 Å². The summed E-state index contributed by atoms with van der Waals surface area (Å²) in [6.45, 7) is -5.54. The highest BCUT2D eigenvalue weighted by Gasteiger charge is 2.27. The maximum Gasteiger partial charge on any atom is 0.388 e. The molecule has 2 aromatic rings. The van der Waals surface area contributed by atoms with Crippen molar-refractivity contribution in [2.45, 2.75) is 25.0 Å². The molecule has 0 radical (unpaired) electrons. The molecule has 16 heteroatoms. The Kier molecular flexibility index (Phi) is 7.16. The third kappa shape index (κ3) is 6.39. The number of halogens is 4. The number of alkyl halides is 4. The van der Waals surface area contributed by atoms with E-state index in [4.69, 9.17) is 5.11 Å². The molecule has 0 bridgehead atoms. The van der Waals surface area contributed by atoms with Crippen molar-refractivity contribution in [3.63, 3.8) is 0 Å². The van der Waals surface area contributed by atoms with E-state index in [1.807, 2.05) is 0 Å². The van der Waals surface area contributed by atoms with Gasteiger partial charge >= 0.3 is 25.2 Å². The molecule has 168 valence electrons. The van der Waals surface area contributed by atoms with Crippen molar-refractivity contribution >= 4 is 28.0 Å². The Bertz CT molecular complexity index is 1070. The van der Waals surface area contributed by atoms with Gasteiger partial charge in [0.2, 0.25) is 17.7 Å². The Morgan fingerprint density at radius 2 is 1.61 bits per heavy atom. The number of carboxylic acids is 1. The SMILES string of the molecule is Cc1cccc(C(=O)O)c1S(=O)(=O)NC(=O)Nc1nc(OC(F)F)cc(OC(F)F)n1. The third-order valence-electron chi connectivity index (χ3n) is 3.26. The average Bonchev–Trinajstić information content (AvgIpc) is 2.58. The first-order chi connectivity index (χ1) is 14.4. The number of sulfonamides is 1. The molecular weight excluding hydrogens is 456 g/mol. The standard InChI is InChI=1S/C15H12F4N4O7S/c1-6-3-2-4-7(11(24)25)10(6)31(27,28)23-15(26)22-14-20-8(29-12(16)17)5-9(21-14)30-13(18)19/h2-5,12-13H,1H3,(H,24,25)(H2,20,21,22,23,26). The Morgan fingerprint density at radius 3 is 2.10 bits per heavy atom. The first-order valence-electron chi connectivity index (χ1n) is 7.84. The van der Waals surface area contributed by atoms with Crippen LogP contribution < -0.4 is 19.5 Å². The molecule has 1 aromatic carbocycles. The van der Waals surface area contributed by atoms with Gasteiger partial charge in [-0.15, -0.1) is 0 Å². The van der Waals surface area contributed by atoms with Gasteiger partial charge in [-0.1, -0.05) is 12.1 Å². The lowest BCUT2D eigenvalue weighted by atomic mass is 10.1. The summed E-state index contributed by atoms with van der Waals surface area (Å²) in [7, 11) is -4.75. The van der Waals surface area contributed by atoms with Crippen molar-refractivity contribution in [1.29, 1.82) is 0 Å². The van der Waals surface area contributed by atoms with Gasteiger partial charge in [-0.05, 0) is 18.6 Å². The molecule has 0 fully saturated rings. The van der Waals surface area contributed by atoms with Crippen LogP contribution >= 0.6 is 0 Å². The highest BCUT2D eigenvalue weighted by molar-refractivity contribution is 7.90. The van der Waals surface area contributed by atoms with Crippen LogP contribution in [0.25, 0.3) is 0 Å². The van der Waals surface area contributed by atoms with Crippen LogP contribution in [0.15, 0.2) is 29.2 Å². The fourth-order valence-electron chi connectivity index (χ4n) is 2.24. The van der Waals surface area contributed by atoms with E-state index >= 15 is 0 Å². The molecule has 0 aliphatic rings. The molecule has 2 rings (SSSR count). The number of carbonyl (C=O) groups is 2. The predicted molar refractivity (Wildman–Crippen MR) is 92.8 cm³/mol. The number of carbonyl (C=O) groups excluding carboxylic acids is 1. The first kappa shape index (κ1) is 23.6. The molecule has 1 aromatic heterocycles. The average molecular weight is 468 g/mol. The smallest absolute Gasteiger partial charge is 0.388 e. The van der Waals surface area contributed by atoms with Gasteiger partial charge in [0.25, 0.3) is 10.0 Å². The number of nitrogens with one attached hydrogen (secondary N) is 2. The summed E-state index contributed by atoms with van der Waals surface area (Å²) in [5, 5.41) is 10.9. The molecule has 31 heavy (non-hydrogen) atoms. The zero-order valence-electron chi connectivity index (χ0n) is 15.2. The molecule has 2 amide bonds. The maximum atomic E-state index is 12.5. The number of carboxylic acid groups (broad SMARTS) is 1. The monoisotopic (exact) mass is 468 g/mol. The summed E-state index contributed by atoms with van der Waals surface area (Å²) in [6.07, 6.45) is 0. The van der Waals surface area contributed by atoms with E-state index in [-0.39, 0.29) is 5.56 Å². The van der Waals surface area contributed by atoms with Crippen LogP contribution in [0.1, 0.15) is 15.9 Å². The highest BCUT2D eigenvalue weighted by atomic mass is 32.2. The van der Waals surface area contributed by atoms with E-state index in [2.05, 4.69) is 19.4 Å². The number of nitrogens with zero attached hydrogens (tertiary/aromatic N) is 2. The van der Waals surface area contributed by atoms with Gasteiger partial charge in [-0.2, -0.15) is 27.5 Å². The third-order valence-corrected chi connectivity index (χ3v) is 4.80. The second-order valence-corrected chi connectivity index (χ2v) is 7.06. The number of aromatic nitrogens is 2. The molecular formula is C15H12F4N4O7S. The quantitative estimate of drug-likeness (QED) is 0.494. The summed E-state index contributed by atoms with van der Waals surface area (Å²) in [6, 6.07) is 2.47. The normalized spacial score (nSPS) is 11.3. The van der Waals surface area contributed by atoms with Gasteiger partial charge in [0.05, 0.1) is 11.6 Å². The highest BCUT2D eigenvalue weighted by Crippen LogP contribution is 2.22. The van der Waals surface area contributed by atoms with Gasteiger partial charge < -0.3 is 14.6 Å². The van der Waals surface area contributed by atoms with Crippen molar-refractivity contribution in [2.75, 3.05) is 5.32 Å². The lowest BCUT2D eigenvalue weighted by Gasteiger charge is -2.13. The second kappa shape index (κ2) is 9.41. The van der Waals surface area contributed by atoms with Crippen LogP contribution in [0, 0.1) is 6.92 Å². The van der Waals surface area contributed by atoms with E-state index in [1.54, 1.807) is 5.32 Å². The molecule has 0 atom stereocenters. The molecule has 3 N–H and O–H groups in total. The largest absolute Gasteiger partial charge is 0.478 e. The van der Waals surface area contributed by atoms with Gasteiger partial charge in [-0.25, -0.2) is 22.7 Å². The van der Waals surface area contributed by atoms with E-state index in [9.17, 15) is 35.6 Å². The Balaban J connectivity index is 2.30. The summed E-state index contributed by atoms with van der Waals surface area (Å²) in [5.74, 6) is -4.44. The number of hydrogen-bond acceptors (Lipinski definition) is 8. The number of aromatic carboxylic acids is 1. The fraction of sp³-hybridized carbons (Fsp3) is 0.200. The number of ether oxygens (including phenoxy) is 2. The van der Waals surface area contributed by atoms with E-state index in [0.29, 0.717) is 6.07 Å². The maximum absolute atomic E-state index is 12.5.